The zero-order valence-corrected chi connectivity index (χ0v) is 14.8. The molecule has 0 saturated carbocycles. The van der Waals surface area contributed by atoms with Gasteiger partial charge < -0.3 is 24.4 Å². The van der Waals surface area contributed by atoms with Gasteiger partial charge in [0.2, 0.25) is 11.6 Å². The summed E-state index contributed by atoms with van der Waals surface area (Å²) in [4.78, 5) is 53.0. The van der Waals surface area contributed by atoms with E-state index in [1.54, 1.807) is 11.6 Å². The Bertz CT molecular complexity index is 876. The molecular weight excluding hydrogens is 356 g/mol. The van der Waals surface area contributed by atoms with Crippen LogP contribution in [0.3, 0.4) is 0 Å². The minimum Gasteiger partial charge on any atom is -0.354 e. The number of amides is 2. The van der Waals surface area contributed by atoms with Crippen molar-refractivity contribution in [2.45, 2.75) is 31.8 Å². The van der Waals surface area contributed by atoms with Gasteiger partial charge in [0.15, 0.2) is 11.9 Å². The minimum absolute atomic E-state index is 0.0491. The SMILES string of the molecule is C[C@H]1CO[C@@H]2CN3C=C(C(=O)NCc4nncn4C)C(=O)C(=O)C3C(=O)N12. The van der Waals surface area contributed by atoms with E-state index < -0.39 is 35.7 Å². The van der Waals surface area contributed by atoms with Crippen molar-refractivity contribution in [2.75, 3.05) is 13.2 Å². The maximum absolute atomic E-state index is 12.7. The molecule has 4 rings (SSSR count). The van der Waals surface area contributed by atoms with E-state index in [0.717, 1.165) is 0 Å². The molecule has 27 heavy (non-hydrogen) atoms. The number of ether oxygens (including phenoxy) is 1. The molecule has 0 spiro atoms. The average Bonchev–Trinajstić information content (AvgIpc) is 3.21. The monoisotopic (exact) mass is 374 g/mol. The van der Waals surface area contributed by atoms with Gasteiger partial charge in [-0.3, -0.25) is 19.2 Å². The molecule has 4 heterocycles. The number of nitrogens with zero attached hydrogens (tertiary/aromatic N) is 5. The molecule has 2 saturated heterocycles. The van der Waals surface area contributed by atoms with Crippen molar-refractivity contribution in [3.05, 3.63) is 23.9 Å². The first kappa shape index (κ1) is 17.3. The van der Waals surface area contributed by atoms with Gasteiger partial charge in [-0.2, -0.15) is 0 Å². The number of fused-ring (bicyclic) bond motifs is 2. The second kappa shape index (κ2) is 6.27. The lowest BCUT2D eigenvalue weighted by Gasteiger charge is -2.43. The number of aromatic nitrogens is 3. The fourth-order valence-corrected chi connectivity index (χ4v) is 3.52. The molecule has 1 aromatic heterocycles. The third kappa shape index (κ3) is 2.70. The van der Waals surface area contributed by atoms with Crippen LogP contribution in [0.5, 0.6) is 0 Å². The van der Waals surface area contributed by atoms with E-state index >= 15 is 0 Å². The van der Waals surface area contributed by atoms with Crippen molar-refractivity contribution in [1.29, 1.82) is 0 Å². The highest BCUT2D eigenvalue weighted by atomic mass is 16.5. The van der Waals surface area contributed by atoms with Crippen LogP contribution in [0.1, 0.15) is 12.7 Å². The molecule has 3 aliphatic heterocycles. The third-order valence-electron chi connectivity index (χ3n) is 4.97. The first-order valence-electron chi connectivity index (χ1n) is 8.49. The van der Waals surface area contributed by atoms with Gasteiger partial charge in [-0.25, -0.2) is 0 Å². The zero-order chi connectivity index (χ0) is 19.3. The van der Waals surface area contributed by atoms with Crippen LogP contribution in [0.4, 0.5) is 0 Å². The third-order valence-corrected chi connectivity index (χ3v) is 4.97. The maximum Gasteiger partial charge on any atom is 0.257 e. The molecule has 3 atom stereocenters. The Balaban J connectivity index is 1.55. The molecule has 0 radical (unpaired) electrons. The second-order valence-corrected chi connectivity index (χ2v) is 6.76. The predicted molar refractivity (Wildman–Crippen MR) is 87.5 cm³/mol. The summed E-state index contributed by atoms with van der Waals surface area (Å²) in [5.74, 6) is -2.54. The molecule has 11 heteroatoms. The molecule has 2 amide bonds. The maximum atomic E-state index is 12.7. The normalized spacial score (nSPS) is 27.4. The van der Waals surface area contributed by atoms with E-state index in [9.17, 15) is 19.2 Å². The summed E-state index contributed by atoms with van der Waals surface area (Å²) in [5.41, 5.74) is -0.300. The number of ketones is 2. The van der Waals surface area contributed by atoms with Crippen molar-refractivity contribution in [2.24, 2.45) is 7.05 Å². The number of carbonyl (C=O) groups excluding carboxylic acids is 4. The number of Topliss-reactive ketones (excluding diaryl/α,β-unsaturated/α-hetero) is 2. The fourth-order valence-electron chi connectivity index (χ4n) is 3.52. The number of aryl methyl sites for hydroxylation is 1. The average molecular weight is 374 g/mol. The Kier molecular flexibility index (Phi) is 4.02. The van der Waals surface area contributed by atoms with E-state index in [2.05, 4.69) is 15.5 Å². The predicted octanol–water partition coefficient (Wildman–Crippen LogP) is -2.28. The summed E-state index contributed by atoms with van der Waals surface area (Å²) < 4.78 is 7.20. The van der Waals surface area contributed by atoms with Gasteiger partial charge in [0, 0.05) is 13.2 Å². The van der Waals surface area contributed by atoms with E-state index in [1.165, 1.54) is 22.3 Å². The molecular formula is C16H18N6O5. The zero-order valence-electron chi connectivity index (χ0n) is 14.8. The quantitative estimate of drug-likeness (QED) is 0.356. The summed E-state index contributed by atoms with van der Waals surface area (Å²) in [6.45, 7) is 2.46. The van der Waals surface area contributed by atoms with E-state index in [4.69, 9.17) is 4.74 Å². The highest BCUT2D eigenvalue weighted by Gasteiger charge is 2.52. The summed E-state index contributed by atoms with van der Waals surface area (Å²) in [6, 6.07) is -1.39. The lowest BCUT2D eigenvalue weighted by molar-refractivity contribution is -0.159. The van der Waals surface area contributed by atoms with Crippen molar-refractivity contribution in [3.63, 3.8) is 0 Å². The number of rotatable bonds is 3. The van der Waals surface area contributed by atoms with E-state index in [0.29, 0.717) is 12.4 Å². The Morgan fingerprint density at radius 3 is 2.85 bits per heavy atom. The first-order valence-corrected chi connectivity index (χ1v) is 8.49. The van der Waals surface area contributed by atoms with Crippen LogP contribution in [0, 0.1) is 0 Å². The van der Waals surface area contributed by atoms with Crippen molar-refractivity contribution in [1.82, 2.24) is 29.9 Å². The molecule has 142 valence electrons. The van der Waals surface area contributed by atoms with Gasteiger partial charge in [0.1, 0.15) is 18.1 Å². The number of hydrogen-bond acceptors (Lipinski definition) is 8. The smallest absolute Gasteiger partial charge is 0.257 e. The molecule has 0 aliphatic carbocycles. The lowest BCUT2D eigenvalue weighted by atomic mass is 9.93. The molecule has 1 aromatic rings. The van der Waals surface area contributed by atoms with Gasteiger partial charge in [0.05, 0.1) is 25.7 Å². The second-order valence-electron chi connectivity index (χ2n) is 6.76. The van der Waals surface area contributed by atoms with E-state index in [1.807, 2.05) is 6.92 Å². The van der Waals surface area contributed by atoms with Gasteiger partial charge in [0.25, 0.3) is 11.8 Å². The van der Waals surface area contributed by atoms with Crippen molar-refractivity contribution < 1.29 is 23.9 Å². The Labute approximate surface area is 153 Å². The van der Waals surface area contributed by atoms with Crippen molar-refractivity contribution >= 4 is 23.4 Å². The molecule has 0 aromatic carbocycles. The standard InChI is InChI=1S/C16H18N6O5/c1-8-6-27-11-5-21-4-9(13(23)14(24)12(21)16(26)22(8)11)15(25)17-3-10-19-18-7-20(10)2/h4,7-8,11-12H,3,5-6H2,1-2H3,(H,17,25)/t8-,11+,12?/m0/s1. The highest BCUT2D eigenvalue weighted by molar-refractivity contribution is 6.53. The Hall–Kier alpha value is -3.08. The minimum atomic E-state index is -1.23. The number of carbonyl (C=O) groups is 4. The lowest BCUT2D eigenvalue weighted by Crippen LogP contribution is -2.65. The molecule has 2 fully saturated rings. The first-order chi connectivity index (χ1) is 12.9. The molecule has 1 N–H and O–H groups in total. The van der Waals surface area contributed by atoms with Gasteiger partial charge in [-0.1, -0.05) is 0 Å². The topological polar surface area (TPSA) is 127 Å². The number of piperazine rings is 1. The van der Waals surface area contributed by atoms with Crippen molar-refractivity contribution in [3.8, 4) is 0 Å². The molecule has 0 bridgehead atoms. The van der Waals surface area contributed by atoms with Gasteiger partial charge >= 0.3 is 0 Å². The highest BCUT2D eigenvalue weighted by Crippen LogP contribution is 2.29. The number of nitrogens with one attached hydrogen (secondary N) is 1. The largest absolute Gasteiger partial charge is 0.354 e. The molecule has 1 unspecified atom stereocenters. The van der Waals surface area contributed by atoms with Crippen LogP contribution in [-0.4, -0.2) is 79.4 Å². The van der Waals surface area contributed by atoms with E-state index in [-0.39, 0.29) is 24.7 Å². The Morgan fingerprint density at radius 1 is 1.37 bits per heavy atom. The summed E-state index contributed by atoms with van der Waals surface area (Å²) in [7, 11) is 1.72. The van der Waals surface area contributed by atoms with Crippen LogP contribution >= 0.6 is 0 Å². The van der Waals surface area contributed by atoms with Crippen LogP contribution in [0.15, 0.2) is 18.1 Å². The van der Waals surface area contributed by atoms with Crippen LogP contribution in [-0.2, 0) is 37.5 Å². The molecule has 11 nitrogen and oxygen atoms in total. The summed E-state index contributed by atoms with van der Waals surface area (Å²) in [5, 5.41) is 10.1. The van der Waals surface area contributed by atoms with Crippen LogP contribution < -0.4 is 5.32 Å². The summed E-state index contributed by atoms with van der Waals surface area (Å²) >= 11 is 0. The number of hydrogen-bond donors (Lipinski definition) is 1. The van der Waals surface area contributed by atoms with Crippen LogP contribution in [0.25, 0.3) is 0 Å². The summed E-state index contributed by atoms with van der Waals surface area (Å²) in [6.07, 6.45) is 2.26. The van der Waals surface area contributed by atoms with Crippen LogP contribution in [0.2, 0.25) is 0 Å². The Morgan fingerprint density at radius 2 is 2.15 bits per heavy atom. The van der Waals surface area contributed by atoms with Gasteiger partial charge in [-0.15, -0.1) is 10.2 Å². The fraction of sp³-hybridized carbons (Fsp3) is 0.500. The van der Waals surface area contributed by atoms with Gasteiger partial charge in [-0.05, 0) is 6.92 Å². The molecule has 3 aliphatic rings.